The van der Waals surface area contributed by atoms with Crippen molar-refractivity contribution >= 4 is 23.1 Å². The smallest absolute Gasteiger partial charge is 0.124 e. The van der Waals surface area contributed by atoms with E-state index < -0.39 is 0 Å². The molecular formula is C13H16N2S2. The summed E-state index contributed by atoms with van der Waals surface area (Å²) in [6.45, 7) is 2.12. The monoisotopic (exact) mass is 264 g/mol. The number of hydrogen-bond donors (Lipinski definition) is 1. The molecule has 0 unspecified atom stereocenters. The number of nitrogens with zero attached hydrogens (tertiary/aromatic N) is 1. The average Bonchev–Trinajstić information content (AvgIpc) is 2.90. The van der Waals surface area contributed by atoms with Crippen molar-refractivity contribution in [1.29, 1.82) is 0 Å². The molecule has 0 aliphatic carbocycles. The Kier molecular flexibility index (Phi) is 4.59. The van der Waals surface area contributed by atoms with E-state index in [4.69, 9.17) is 5.73 Å². The summed E-state index contributed by atoms with van der Waals surface area (Å²) in [5.74, 6) is 0.957. The van der Waals surface area contributed by atoms with Gasteiger partial charge in [0.2, 0.25) is 0 Å². The van der Waals surface area contributed by atoms with E-state index in [1.54, 1.807) is 11.3 Å². The van der Waals surface area contributed by atoms with Crippen LogP contribution in [0.4, 0.5) is 0 Å². The zero-order valence-corrected chi connectivity index (χ0v) is 11.4. The Hall–Kier alpha value is -0.840. The molecule has 1 heterocycles. The zero-order chi connectivity index (χ0) is 12.1. The van der Waals surface area contributed by atoms with Gasteiger partial charge in [0.1, 0.15) is 5.01 Å². The summed E-state index contributed by atoms with van der Waals surface area (Å²) in [5.41, 5.74) is 7.17. The normalized spacial score (nSPS) is 12.6. The molecule has 0 saturated heterocycles. The van der Waals surface area contributed by atoms with Crippen molar-refractivity contribution in [3.63, 3.8) is 0 Å². The van der Waals surface area contributed by atoms with E-state index in [1.165, 1.54) is 10.5 Å². The van der Waals surface area contributed by atoms with Crippen molar-refractivity contribution < 1.29 is 0 Å². The minimum Gasteiger partial charge on any atom is -0.327 e. The van der Waals surface area contributed by atoms with Gasteiger partial charge in [-0.2, -0.15) is 0 Å². The summed E-state index contributed by atoms with van der Waals surface area (Å²) in [6.07, 6.45) is 2.87. The Morgan fingerprint density at radius 1 is 1.41 bits per heavy atom. The van der Waals surface area contributed by atoms with E-state index >= 15 is 0 Å². The number of thiazole rings is 1. The molecule has 1 atom stereocenters. The quantitative estimate of drug-likeness (QED) is 0.838. The van der Waals surface area contributed by atoms with Gasteiger partial charge in [-0.3, -0.25) is 0 Å². The van der Waals surface area contributed by atoms with Crippen LogP contribution in [0.15, 0.2) is 40.7 Å². The lowest BCUT2D eigenvalue weighted by atomic mass is 10.2. The fourth-order valence-corrected chi connectivity index (χ4v) is 3.31. The number of thioether (sulfide) groups is 1. The highest BCUT2D eigenvalue weighted by Crippen LogP contribution is 2.32. The standard InChI is InChI=1S/C13H16N2S2/c1-2-10(14)9-17-12-6-4-3-5-11(12)13-15-7-8-16-13/h3-8,10H,2,9,14H2,1H3/t10-/m0/s1. The predicted molar refractivity (Wildman–Crippen MR) is 76.5 cm³/mol. The summed E-state index contributed by atoms with van der Waals surface area (Å²) in [5, 5.41) is 3.09. The minimum absolute atomic E-state index is 0.268. The average molecular weight is 264 g/mol. The largest absolute Gasteiger partial charge is 0.327 e. The van der Waals surface area contributed by atoms with E-state index in [0.29, 0.717) is 0 Å². The maximum Gasteiger partial charge on any atom is 0.124 e. The van der Waals surface area contributed by atoms with Gasteiger partial charge in [0.05, 0.1) is 0 Å². The Labute approximate surface area is 110 Å². The third-order valence-electron chi connectivity index (χ3n) is 2.53. The SMILES string of the molecule is CC[C@H](N)CSc1ccccc1-c1nccs1. The van der Waals surface area contributed by atoms with Crippen molar-refractivity contribution in [3.05, 3.63) is 35.8 Å². The topological polar surface area (TPSA) is 38.9 Å². The van der Waals surface area contributed by atoms with E-state index in [2.05, 4.69) is 36.2 Å². The molecule has 0 bridgehead atoms. The third kappa shape index (κ3) is 3.31. The van der Waals surface area contributed by atoms with Crippen LogP contribution in [-0.4, -0.2) is 16.8 Å². The van der Waals surface area contributed by atoms with Gasteiger partial charge in [-0.1, -0.05) is 25.1 Å². The molecule has 90 valence electrons. The predicted octanol–water partition coefficient (Wildman–Crippen LogP) is 3.64. The van der Waals surface area contributed by atoms with Crippen molar-refractivity contribution in [2.45, 2.75) is 24.3 Å². The lowest BCUT2D eigenvalue weighted by Gasteiger charge is -2.10. The number of rotatable bonds is 5. The van der Waals surface area contributed by atoms with Crippen LogP contribution in [0, 0.1) is 0 Å². The molecule has 4 heteroatoms. The summed E-state index contributed by atoms with van der Waals surface area (Å²) < 4.78 is 0. The fraction of sp³-hybridized carbons (Fsp3) is 0.308. The molecule has 1 aromatic heterocycles. The molecule has 0 aliphatic heterocycles. The number of aromatic nitrogens is 1. The molecule has 0 amide bonds. The summed E-state index contributed by atoms with van der Waals surface area (Å²) in [4.78, 5) is 5.64. The second-order valence-electron chi connectivity index (χ2n) is 3.81. The molecular weight excluding hydrogens is 248 g/mol. The van der Waals surface area contributed by atoms with Crippen LogP contribution in [-0.2, 0) is 0 Å². The van der Waals surface area contributed by atoms with Gasteiger partial charge in [0.25, 0.3) is 0 Å². The number of nitrogens with two attached hydrogens (primary N) is 1. The molecule has 0 aliphatic rings. The highest BCUT2D eigenvalue weighted by molar-refractivity contribution is 7.99. The second kappa shape index (κ2) is 6.19. The Morgan fingerprint density at radius 3 is 2.94 bits per heavy atom. The molecule has 17 heavy (non-hydrogen) atoms. The summed E-state index contributed by atoms with van der Waals surface area (Å²) in [7, 11) is 0. The van der Waals surface area contributed by atoms with E-state index in [9.17, 15) is 0 Å². The molecule has 2 nitrogen and oxygen atoms in total. The highest BCUT2D eigenvalue weighted by Gasteiger charge is 2.08. The van der Waals surface area contributed by atoms with E-state index in [-0.39, 0.29) is 6.04 Å². The van der Waals surface area contributed by atoms with Gasteiger partial charge in [-0.15, -0.1) is 23.1 Å². The van der Waals surface area contributed by atoms with Crippen LogP contribution in [0.2, 0.25) is 0 Å². The lowest BCUT2D eigenvalue weighted by Crippen LogP contribution is -2.21. The Bertz CT molecular complexity index is 454. The molecule has 0 fully saturated rings. The number of hydrogen-bond acceptors (Lipinski definition) is 4. The van der Waals surface area contributed by atoms with Crippen LogP contribution in [0.3, 0.4) is 0 Å². The molecule has 1 aromatic carbocycles. The van der Waals surface area contributed by atoms with Gasteiger partial charge in [0, 0.05) is 33.8 Å². The van der Waals surface area contributed by atoms with E-state index in [1.807, 2.05) is 23.3 Å². The zero-order valence-electron chi connectivity index (χ0n) is 9.80. The number of benzene rings is 1. The fourth-order valence-electron chi connectivity index (χ4n) is 1.44. The molecule has 2 rings (SSSR count). The molecule has 2 aromatic rings. The van der Waals surface area contributed by atoms with Crippen molar-refractivity contribution in [3.8, 4) is 10.6 Å². The maximum absolute atomic E-state index is 5.96. The Morgan fingerprint density at radius 2 is 2.24 bits per heavy atom. The van der Waals surface area contributed by atoms with Crippen molar-refractivity contribution in [2.75, 3.05) is 5.75 Å². The first-order chi connectivity index (χ1) is 8.31. The minimum atomic E-state index is 0.268. The van der Waals surface area contributed by atoms with Gasteiger partial charge in [-0.25, -0.2) is 4.98 Å². The van der Waals surface area contributed by atoms with Gasteiger partial charge < -0.3 is 5.73 Å². The highest BCUT2D eigenvalue weighted by atomic mass is 32.2. The maximum atomic E-state index is 5.96. The second-order valence-corrected chi connectivity index (χ2v) is 5.77. The van der Waals surface area contributed by atoms with Gasteiger partial charge >= 0.3 is 0 Å². The first-order valence-electron chi connectivity index (χ1n) is 5.68. The first-order valence-corrected chi connectivity index (χ1v) is 7.55. The van der Waals surface area contributed by atoms with Crippen LogP contribution in [0.1, 0.15) is 13.3 Å². The Balaban J connectivity index is 2.17. The lowest BCUT2D eigenvalue weighted by molar-refractivity contribution is 0.725. The molecule has 0 saturated carbocycles. The van der Waals surface area contributed by atoms with Gasteiger partial charge in [-0.05, 0) is 12.5 Å². The van der Waals surface area contributed by atoms with Crippen LogP contribution >= 0.6 is 23.1 Å². The van der Waals surface area contributed by atoms with Crippen molar-refractivity contribution in [2.24, 2.45) is 5.73 Å². The van der Waals surface area contributed by atoms with Crippen LogP contribution < -0.4 is 5.73 Å². The molecule has 0 radical (unpaired) electrons. The van der Waals surface area contributed by atoms with Crippen LogP contribution in [0.5, 0.6) is 0 Å². The van der Waals surface area contributed by atoms with E-state index in [0.717, 1.165) is 17.2 Å². The van der Waals surface area contributed by atoms with Crippen LogP contribution in [0.25, 0.3) is 10.6 Å². The summed E-state index contributed by atoms with van der Waals surface area (Å²) in [6, 6.07) is 8.66. The molecule has 2 N–H and O–H groups in total. The molecule has 0 spiro atoms. The van der Waals surface area contributed by atoms with Crippen molar-refractivity contribution in [1.82, 2.24) is 4.98 Å². The third-order valence-corrected chi connectivity index (χ3v) is 4.60. The first kappa shape index (κ1) is 12.6. The van der Waals surface area contributed by atoms with Gasteiger partial charge in [0.15, 0.2) is 0 Å². The summed E-state index contributed by atoms with van der Waals surface area (Å²) >= 11 is 3.49.